The third-order valence-electron chi connectivity index (χ3n) is 4.45. The highest BCUT2D eigenvalue weighted by atomic mass is 31.2. The molecule has 1 spiro atoms. The molecule has 21 heavy (non-hydrogen) atoms. The summed E-state index contributed by atoms with van der Waals surface area (Å²) in [6.45, 7) is 8.55. The van der Waals surface area contributed by atoms with Crippen LogP contribution in [0.5, 0.6) is 0 Å². The van der Waals surface area contributed by atoms with E-state index in [-0.39, 0.29) is 11.2 Å². The fourth-order valence-electron chi connectivity index (χ4n) is 3.57. The van der Waals surface area contributed by atoms with E-state index in [1.165, 1.54) is 21.7 Å². The fraction of sp³-hybridized carbons (Fsp3) is 0.333. The van der Waals surface area contributed by atoms with Crippen molar-refractivity contribution in [1.82, 2.24) is 0 Å². The van der Waals surface area contributed by atoms with Crippen LogP contribution in [0.1, 0.15) is 38.8 Å². The summed E-state index contributed by atoms with van der Waals surface area (Å²) < 4.78 is 13.2. The van der Waals surface area contributed by atoms with Gasteiger partial charge in [0.15, 0.2) is 10.6 Å². The van der Waals surface area contributed by atoms with Crippen LogP contribution in [-0.2, 0) is 20.2 Å². The molecule has 0 amide bonds. The van der Waals surface area contributed by atoms with Crippen LogP contribution in [0.15, 0.2) is 48.5 Å². The summed E-state index contributed by atoms with van der Waals surface area (Å²) in [6, 6.07) is 17.0. The van der Waals surface area contributed by atoms with Gasteiger partial charge in [0.1, 0.15) is 11.2 Å². The van der Waals surface area contributed by atoms with E-state index in [4.69, 9.17) is 9.05 Å². The predicted octanol–water partition coefficient (Wildman–Crippen LogP) is 4.02. The van der Waals surface area contributed by atoms with Gasteiger partial charge in [-0.05, 0) is 39.8 Å². The molecule has 0 aliphatic carbocycles. The van der Waals surface area contributed by atoms with E-state index in [9.17, 15) is 0 Å². The second-order valence-corrected chi connectivity index (χ2v) is 9.22. The number of rotatable bonds is 0. The molecule has 2 aliphatic rings. The predicted molar refractivity (Wildman–Crippen MR) is 87.3 cm³/mol. The van der Waals surface area contributed by atoms with Gasteiger partial charge >= 0.3 is 7.72 Å². The van der Waals surface area contributed by atoms with Crippen LogP contribution in [0.3, 0.4) is 0 Å². The van der Waals surface area contributed by atoms with Gasteiger partial charge in [0.2, 0.25) is 0 Å². The minimum atomic E-state index is -2.22. The Morgan fingerprint density at radius 3 is 1.48 bits per heavy atom. The number of hydrogen-bond donors (Lipinski definition) is 0. The summed E-state index contributed by atoms with van der Waals surface area (Å²) in [6.07, 6.45) is 0. The summed E-state index contributed by atoms with van der Waals surface area (Å²) in [5.41, 5.74) is 1.90. The third-order valence-corrected chi connectivity index (χ3v) is 7.93. The summed E-state index contributed by atoms with van der Waals surface area (Å²) in [4.78, 5) is 0. The topological polar surface area (TPSA) is 18.5 Å². The van der Waals surface area contributed by atoms with Crippen molar-refractivity contribution in [2.45, 2.75) is 38.9 Å². The van der Waals surface area contributed by atoms with Crippen molar-refractivity contribution < 1.29 is 9.05 Å². The minimum Gasteiger partial charge on any atom is -0.185 e. The largest absolute Gasteiger partial charge is 0.342 e. The van der Waals surface area contributed by atoms with E-state index in [0.29, 0.717) is 0 Å². The number of hydrogen-bond acceptors (Lipinski definition) is 2. The van der Waals surface area contributed by atoms with E-state index < -0.39 is 7.72 Å². The van der Waals surface area contributed by atoms with Crippen molar-refractivity contribution in [2.24, 2.45) is 0 Å². The molecular weight excluding hydrogens is 279 g/mol. The van der Waals surface area contributed by atoms with Crippen LogP contribution in [0.2, 0.25) is 0 Å². The maximum atomic E-state index is 6.62. The molecule has 0 bridgehead atoms. The first-order valence-corrected chi connectivity index (χ1v) is 9.00. The van der Waals surface area contributed by atoms with Crippen molar-refractivity contribution in [3.8, 4) is 0 Å². The first-order valence-electron chi connectivity index (χ1n) is 7.38. The Bertz CT molecular complexity index is 670. The summed E-state index contributed by atoms with van der Waals surface area (Å²) >= 11 is 0. The van der Waals surface area contributed by atoms with Crippen molar-refractivity contribution in [2.75, 3.05) is 0 Å². The quantitative estimate of drug-likeness (QED) is 0.684. The van der Waals surface area contributed by atoms with Crippen molar-refractivity contribution >= 4 is 18.3 Å². The van der Waals surface area contributed by atoms with E-state index in [2.05, 4.69) is 76.2 Å². The monoisotopic (exact) mass is 299 g/mol. The maximum Gasteiger partial charge on any atom is 0.342 e. The molecule has 0 unspecified atom stereocenters. The van der Waals surface area contributed by atoms with Crippen LogP contribution >= 0.6 is 7.72 Å². The zero-order valence-electron chi connectivity index (χ0n) is 12.9. The van der Waals surface area contributed by atoms with Gasteiger partial charge in [0.05, 0.1) is 0 Å². The third kappa shape index (κ3) is 1.64. The molecule has 2 aliphatic heterocycles. The van der Waals surface area contributed by atoms with Gasteiger partial charge in [0.25, 0.3) is 0 Å². The average molecular weight is 299 g/mol. The molecule has 2 aromatic carbocycles. The van der Waals surface area contributed by atoms with Crippen LogP contribution in [0, 0.1) is 0 Å². The van der Waals surface area contributed by atoms with Gasteiger partial charge in [-0.25, -0.2) is 0 Å². The molecule has 2 aromatic rings. The molecule has 0 N–H and O–H groups in total. The van der Waals surface area contributed by atoms with Gasteiger partial charge < -0.3 is 0 Å². The molecular formula is C18H20O2P+. The molecule has 0 atom stereocenters. The second-order valence-electron chi connectivity index (χ2n) is 6.79. The lowest BCUT2D eigenvalue weighted by molar-refractivity contribution is 0.0670. The molecule has 0 saturated heterocycles. The van der Waals surface area contributed by atoms with Gasteiger partial charge in [-0.2, -0.15) is 9.05 Å². The molecule has 108 valence electrons. The van der Waals surface area contributed by atoms with Crippen LogP contribution in [0.25, 0.3) is 0 Å². The zero-order valence-corrected chi connectivity index (χ0v) is 13.8. The van der Waals surface area contributed by atoms with Crippen molar-refractivity contribution in [1.29, 1.82) is 0 Å². The molecule has 2 heterocycles. The Hall–Kier alpha value is -1.21. The second kappa shape index (κ2) is 3.95. The van der Waals surface area contributed by atoms with Crippen molar-refractivity contribution in [3.63, 3.8) is 0 Å². The van der Waals surface area contributed by atoms with Gasteiger partial charge in [-0.3, -0.25) is 0 Å². The van der Waals surface area contributed by atoms with E-state index >= 15 is 0 Å². The normalized spacial score (nSPS) is 23.0. The SMILES string of the molecule is CC1(C)O[P+]2(OC(C)(C)c3ccccc32)c2ccccc21. The summed E-state index contributed by atoms with van der Waals surface area (Å²) in [5.74, 6) is 0. The van der Waals surface area contributed by atoms with Crippen LogP contribution < -0.4 is 10.6 Å². The van der Waals surface area contributed by atoms with E-state index in [1.54, 1.807) is 0 Å². The highest BCUT2D eigenvalue weighted by Crippen LogP contribution is 2.74. The first kappa shape index (κ1) is 13.5. The highest BCUT2D eigenvalue weighted by Gasteiger charge is 2.68. The minimum absolute atomic E-state index is 0.308. The molecule has 3 heteroatoms. The zero-order chi connectivity index (χ0) is 14.9. The lowest BCUT2D eigenvalue weighted by Crippen LogP contribution is -2.19. The number of benzene rings is 2. The lowest BCUT2D eigenvalue weighted by Gasteiger charge is -2.21. The molecule has 0 aromatic heterocycles. The van der Waals surface area contributed by atoms with Gasteiger partial charge in [-0.1, -0.05) is 36.4 Å². The van der Waals surface area contributed by atoms with E-state index in [1.807, 2.05) is 0 Å². The lowest BCUT2D eigenvalue weighted by atomic mass is 9.99. The molecule has 4 rings (SSSR count). The maximum absolute atomic E-state index is 6.62. The molecule has 2 nitrogen and oxygen atoms in total. The van der Waals surface area contributed by atoms with Crippen LogP contribution in [-0.4, -0.2) is 0 Å². The standard InChI is InChI=1S/C18H20O2P/c1-17(2)13-9-5-7-11-15(13)21(19-17)16-12-8-6-10-14(16)18(3,4)20-21/h5-12H,1-4H3/q+1. The summed E-state index contributed by atoms with van der Waals surface area (Å²) in [7, 11) is -2.22. The Balaban J connectivity index is 2.04. The molecule has 0 saturated carbocycles. The van der Waals surface area contributed by atoms with Crippen molar-refractivity contribution in [3.05, 3.63) is 59.7 Å². The smallest absolute Gasteiger partial charge is 0.185 e. The Morgan fingerprint density at radius 1 is 0.667 bits per heavy atom. The van der Waals surface area contributed by atoms with Gasteiger partial charge in [-0.15, -0.1) is 0 Å². The number of fused-ring (bicyclic) bond motifs is 4. The first-order chi connectivity index (χ1) is 9.87. The average Bonchev–Trinajstić information content (AvgIpc) is 2.81. The summed E-state index contributed by atoms with van der Waals surface area (Å²) in [5, 5.41) is 2.49. The molecule has 0 radical (unpaired) electrons. The Labute approximate surface area is 126 Å². The van der Waals surface area contributed by atoms with Gasteiger partial charge in [0, 0.05) is 11.1 Å². The highest BCUT2D eigenvalue weighted by molar-refractivity contribution is 7.82. The Morgan fingerprint density at radius 2 is 1.05 bits per heavy atom. The van der Waals surface area contributed by atoms with E-state index in [0.717, 1.165) is 0 Å². The molecule has 0 fully saturated rings. The van der Waals surface area contributed by atoms with Crippen LogP contribution in [0.4, 0.5) is 0 Å². The Kier molecular flexibility index (Phi) is 2.53. The fourth-order valence-corrected chi connectivity index (χ4v) is 7.62.